The lowest BCUT2D eigenvalue weighted by Gasteiger charge is -2.16. The van der Waals surface area contributed by atoms with E-state index in [1.807, 2.05) is 0 Å². The highest BCUT2D eigenvalue weighted by atomic mass is 35.5. The van der Waals surface area contributed by atoms with Gasteiger partial charge in [-0.2, -0.15) is 0 Å². The second-order valence-electron chi connectivity index (χ2n) is 4.21. The summed E-state index contributed by atoms with van der Waals surface area (Å²) in [7, 11) is 0. The number of benzene rings is 1. The number of halogens is 4. The zero-order valence-electron chi connectivity index (χ0n) is 9.78. The first kappa shape index (κ1) is 14.0. The first-order chi connectivity index (χ1) is 8.85. The minimum Gasteiger partial charge on any atom is -0.406 e. The summed E-state index contributed by atoms with van der Waals surface area (Å²) in [6, 6.07) is 4.86. The normalized spacial score (nSPS) is 19.6. The Morgan fingerprint density at radius 3 is 2.42 bits per heavy atom. The smallest absolute Gasteiger partial charge is 0.406 e. The average molecular weight is 294 g/mol. The molecule has 0 N–H and O–H groups in total. The van der Waals surface area contributed by atoms with Gasteiger partial charge in [0.15, 0.2) is 0 Å². The van der Waals surface area contributed by atoms with Gasteiger partial charge in [-0.15, -0.1) is 24.8 Å². The van der Waals surface area contributed by atoms with Crippen LogP contribution in [0.2, 0.25) is 0 Å². The van der Waals surface area contributed by atoms with Gasteiger partial charge in [0.25, 0.3) is 5.91 Å². The summed E-state index contributed by atoms with van der Waals surface area (Å²) < 4.78 is 39.7. The maximum atomic E-state index is 12.0. The Morgan fingerprint density at radius 1 is 1.32 bits per heavy atom. The van der Waals surface area contributed by atoms with Crippen LogP contribution in [0, 0.1) is 0 Å². The molecule has 0 saturated carbocycles. The van der Waals surface area contributed by atoms with Crippen LogP contribution in [0.3, 0.4) is 0 Å². The van der Waals surface area contributed by atoms with Crippen molar-refractivity contribution >= 4 is 17.5 Å². The molecule has 1 unspecified atom stereocenters. The molecule has 1 saturated heterocycles. The van der Waals surface area contributed by atoms with Crippen LogP contribution in [0.25, 0.3) is 0 Å². The van der Waals surface area contributed by atoms with Gasteiger partial charge in [-0.1, -0.05) is 0 Å². The Kier molecular flexibility index (Phi) is 3.89. The quantitative estimate of drug-likeness (QED) is 0.785. The van der Waals surface area contributed by atoms with Crippen LogP contribution in [-0.2, 0) is 0 Å². The van der Waals surface area contributed by atoms with E-state index in [0.29, 0.717) is 18.7 Å². The Hall–Kier alpha value is -1.43. The van der Waals surface area contributed by atoms with Gasteiger partial charge in [0.1, 0.15) is 5.75 Å². The number of alkyl halides is 4. The first-order valence-corrected chi connectivity index (χ1v) is 6.08. The zero-order valence-corrected chi connectivity index (χ0v) is 10.5. The molecule has 104 valence electrons. The molecule has 1 aromatic rings. The lowest BCUT2D eigenvalue weighted by Crippen LogP contribution is -2.28. The van der Waals surface area contributed by atoms with Gasteiger partial charge in [0.2, 0.25) is 0 Å². The highest BCUT2D eigenvalue weighted by Gasteiger charge is 2.31. The molecule has 19 heavy (non-hydrogen) atoms. The van der Waals surface area contributed by atoms with Crippen molar-refractivity contribution in [1.29, 1.82) is 0 Å². The molecule has 1 amide bonds. The molecule has 7 heteroatoms. The van der Waals surface area contributed by atoms with Crippen molar-refractivity contribution in [3.63, 3.8) is 0 Å². The summed E-state index contributed by atoms with van der Waals surface area (Å²) >= 11 is 5.90. The lowest BCUT2D eigenvalue weighted by molar-refractivity contribution is -0.274. The SMILES string of the molecule is O=C(c1ccc(OC(F)(F)F)cc1)N1CCC(Cl)C1. The van der Waals surface area contributed by atoms with E-state index in [4.69, 9.17) is 11.6 Å². The number of amides is 1. The molecule has 1 atom stereocenters. The van der Waals surface area contributed by atoms with Crippen molar-refractivity contribution in [1.82, 2.24) is 4.90 Å². The predicted octanol–water partition coefficient (Wildman–Crippen LogP) is 3.04. The Balaban J connectivity index is 2.04. The van der Waals surface area contributed by atoms with Gasteiger partial charge in [-0.25, -0.2) is 0 Å². The second kappa shape index (κ2) is 5.28. The van der Waals surface area contributed by atoms with Crippen LogP contribution in [0.4, 0.5) is 13.2 Å². The number of carbonyl (C=O) groups is 1. The molecule has 0 radical (unpaired) electrons. The zero-order chi connectivity index (χ0) is 14.0. The van der Waals surface area contributed by atoms with Crippen LogP contribution in [-0.4, -0.2) is 35.6 Å². The molecule has 2 rings (SSSR count). The Morgan fingerprint density at radius 2 is 1.95 bits per heavy atom. The number of likely N-dealkylation sites (tertiary alicyclic amines) is 1. The number of nitrogens with zero attached hydrogens (tertiary/aromatic N) is 1. The maximum Gasteiger partial charge on any atom is 0.573 e. The fourth-order valence-corrected chi connectivity index (χ4v) is 2.15. The van der Waals surface area contributed by atoms with Gasteiger partial charge >= 0.3 is 6.36 Å². The molecule has 1 fully saturated rings. The molecule has 1 heterocycles. The van der Waals surface area contributed by atoms with Crippen molar-refractivity contribution in [3.05, 3.63) is 29.8 Å². The largest absolute Gasteiger partial charge is 0.573 e. The summed E-state index contributed by atoms with van der Waals surface area (Å²) in [4.78, 5) is 13.6. The van der Waals surface area contributed by atoms with E-state index >= 15 is 0 Å². The first-order valence-electron chi connectivity index (χ1n) is 5.64. The van der Waals surface area contributed by atoms with E-state index in [9.17, 15) is 18.0 Å². The molecule has 0 spiro atoms. The highest BCUT2D eigenvalue weighted by Crippen LogP contribution is 2.24. The number of ether oxygens (including phenoxy) is 1. The van der Waals surface area contributed by atoms with E-state index in [2.05, 4.69) is 4.74 Å². The predicted molar refractivity (Wildman–Crippen MR) is 63.3 cm³/mol. The molecular formula is C12H11ClF3NO2. The standard InChI is InChI=1S/C12H11ClF3NO2/c13-9-5-6-17(7-9)11(18)8-1-3-10(4-2-8)19-12(14,15)16/h1-4,9H,5-7H2. The van der Waals surface area contributed by atoms with Crippen molar-refractivity contribution in [2.75, 3.05) is 13.1 Å². The van der Waals surface area contributed by atoms with E-state index in [0.717, 1.165) is 18.6 Å². The van der Waals surface area contributed by atoms with Crippen LogP contribution < -0.4 is 4.74 Å². The monoisotopic (exact) mass is 293 g/mol. The molecule has 0 aromatic heterocycles. The molecule has 1 aromatic carbocycles. The van der Waals surface area contributed by atoms with E-state index in [1.54, 1.807) is 4.90 Å². The van der Waals surface area contributed by atoms with Crippen molar-refractivity contribution in [2.24, 2.45) is 0 Å². The van der Waals surface area contributed by atoms with Crippen LogP contribution in [0.1, 0.15) is 16.8 Å². The maximum absolute atomic E-state index is 12.0. The van der Waals surface area contributed by atoms with Crippen molar-refractivity contribution < 1.29 is 22.7 Å². The van der Waals surface area contributed by atoms with Crippen LogP contribution in [0.5, 0.6) is 5.75 Å². The van der Waals surface area contributed by atoms with Crippen molar-refractivity contribution in [3.8, 4) is 5.75 Å². The van der Waals surface area contributed by atoms with E-state index in [-0.39, 0.29) is 17.0 Å². The van der Waals surface area contributed by atoms with Gasteiger partial charge < -0.3 is 9.64 Å². The third-order valence-corrected chi connectivity index (χ3v) is 3.11. The summed E-state index contributed by atoms with van der Waals surface area (Å²) in [6.45, 7) is 1.02. The van der Waals surface area contributed by atoms with E-state index < -0.39 is 6.36 Å². The molecule has 0 aliphatic carbocycles. The number of rotatable bonds is 2. The fraction of sp³-hybridized carbons (Fsp3) is 0.417. The van der Waals surface area contributed by atoms with Gasteiger partial charge in [0.05, 0.1) is 5.38 Å². The molecule has 3 nitrogen and oxygen atoms in total. The number of hydrogen-bond acceptors (Lipinski definition) is 2. The summed E-state index contributed by atoms with van der Waals surface area (Å²) in [5.74, 6) is -0.581. The number of carbonyl (C=O) groups excluding carboxylic acids is 1. The summed E-state index contributed by atoms with van der Waals surface area (Å²) in [5.41, 5.74) is 0.320. The molecular weight excluding hydrogens is 283 g/mol. The van der Waals surface area contributed by atoms with Gasteiger partial charge in [0, 0.05) is 18.7 Å². The highest BCUT2D eigenvalue weighted by molar-refractivity contribution is 6.21. The van der Waals surface area contributed by atoms with Crippen molar-refractivity contribution in [2.45, 2.75) is 18.2 Å². The lowest BCUT2D eigenvalue weighted by atomic mass is 10.2. The molecule has 0 bridgehead atoms. The average Bonchev–Trinajstić information content (AvgIpc) is 2.74. The molecule has 1 aliphatic rings. The summed E-state index contributed by atoms with van der Waals surface area (Å²) in [6.07, 6.45) is -4.01. The van der Waals surface area contributed by atoms with E-state index in [1.165, 1.54) is 12.1 Å². The minimum atomic E-state index is -4.73. The molecule has 1 aliphatic heterocycles. The third-order valence-electron chi connectivity index (χ3n) is 2.75. The third kappa shape index (κ3) is 3.76. The Labute approximate surface area is 112 Å². The second-order valence-corrected chi connectivity index (χ2v) is 4.83. The minimum absolute atomic E-state index is 0.0585. The topological polar surface area (TPSA) is 29.5 Å². The summed E-state index contributed by atoms with van der Waals surface area (Å²) in [5, 5.41) is -0.0585. The fourth-order valence-electron chi connectivity index (χ4n) is 1.88. The number of hydrogen-bond donors (Lipinski definition) is 0. The van der Waals surface area contributed by atoms with Crippen LogP contribution >= 0.6 is 11.6 Å². The van der Waals surface area contributed by atoms with Crippen LogP contribution in [0.15, 0.2) is 24.3 Å². The Bertz CT molecular complexity index is 461. The van der Waals surface area contributed by atoms with Gasteiger partial charge in [-0.05, 0) is 30.7 Å². The van der Waals surface area contributed by atoms with Gasteiger partial charge in [-0.3, -0.25) is 4.79 Å².